The highest BCUT2D eigenvalue weighted by molar-refractivity contribution is 5.79. The smallest absolute Gasteiger partial charge is 0.223 e. The number of halogens is 1. The molecule has 32 heavy (non-hydrogen) atoms. The molecular formula is C26H31FN4O. The molecule has 0 atom stereocenters. The summed E-state index contributed by atoms with van der Waals surface area (Å²) in [5, 5.41) is 3.53. The number of rotatable bonds is 5. The van der Waals surface area contributed by atoms with Crippen molar-refractivity contribution in [2.45, 2.75) is 53.1 Å². The van der Waals surface area contributed by atoms with Gasteiger partial charge in [0.2, 0.25) is 5.91 Å². The molecule has 0 unspecified atom stereocenters. The monoisotopic (exact) mass is 434 g/mol. The van der Waals surface area contributed by atoms with E-state index in [4.69, 9.17) is 4.98 Å². The maximum Gasteiger partial charge on any atom is 0.223 e. The molecule has 4 rings (SSSR count). The van der Waals surface area contributed by atoms with Gasteiger partial charge >= 0.3 is 0 Å². The van der Waals surface area contributed by atoms with Crippen LogP contribution in [-0.2, 0) is 16.9 Å². The van der Waals surface area contributed by atoms with E-state index in [2.05, 4.69) is 56.6 Å². The summed E-state index contributed by atoms with van der Waals surface area (Å²) >= 11 is 0. The van der Waals surface area contributed by atoms with Crippen molar-refractivity contribution in [3.63, 3.8) is 0 Å². The van der Waals surface area contributed by atoms with Gasteiger partial charge in [0.1, 0.15) is 23.2 Å². The second kappa shape index (κ2) is 8.41. The lowest BCUT2D eigenvalue weighted by Crippen LogP contribution is -2.49. The van der Waals surface area contributed by atoms with Crippen molar-refractivity contribution in [2.24, 2.45) is 5.92 Å². The topological polar surface area (TPSA) is 50.2 Å². The van der Waals surface area contributed by atoms with Crippen LogP contribution in [0.2, 0.25) is 0 Å². The van der Waals surface area contributed by atoms with E-state index < -0.39 is 0 Å². The van der Waals surface area contributed by atoms with Gasteiger partial charge in [-0.3, -0.25) is 4.79 Å². The molecule has 0 saturated carbocycles. The molecule has 1 aliphatic heterocycles. The maximum atomic E-state index is 14.1. The Kier molecular flexibility index (Phi) is 5.80. The van der Waals surface area contributed by atoms with E-state index >= 15 is 0 Å². The zero-order valence-corrected chi connectivity index (χ0v) is 19.4. The van der Waals surface area contributed by atoms with Gasteiger partial charge in [0.15, 0.2) is 0 Å². The summed E-state index contributed by atoms with van der Waals surface area (Å²) in [5.74, 6) is 1.75. The number of nitrogens with zero attached hydrogens (tertiary/aromatic N) is 3. The summed E-state index contributed by atoms with van der Waals surface area (Å²) in [6.07, 6.45) is 0.516. The van der Waals surface area contributed by atoms with E-state index in [0.29, 0.717) is 36.7 Å². The van der Waals surface area contributed by atoms with Crippen LogP contribution in [0.5, 0.6) is 0 Å². The fraction of sp³-hybridized carbons (Fsp3) is 0.385. The summed E-state index contributed by atoms with van der Waals surface area (Å²) in [6, 6.07) is 14.7. The van der Waals surface area contributed by atoms with Crippen molar-refractivity contribution in [1.82, 2.24) is 14.5 Å². The number of amides is 1. The quantitative estimate of drug-likeness (QED) is 0.547. The number of nitrogens with one attached hydrogen (secondary N) is 1. The fourth-order valence-corrected chi connectivity index (χ4v) is 4.37. The molecule has 2 heterocycles. The molecular weight excluding hydrogens is 403 g/mol. The predicted molar refractivity (Wildman–Crippen MR) is 126 cm³/mol. The van der Waals surface area contributed by atoms with E-state index in [1.54, 1.807) is 6.07 Å². The molecule has 168 valence electrons. The number of carbonyl (C=O) groups is 1. The van der Waals surface area contributed by atoms with Gasteiger partial charge in [0.25, 0.3) is 0 Å². The van der Waals surface area contributed by atoms with Crippen LogP contribution >= 0.6 is 0 Å². The Morgan fingerprint density at radius 3 is 2.56 bits per heavy atom. The molecule has 0 spiro atoms. The van der Waals surface area contributed by atoms with Crippen LogP contribution in [0.25, 0.3) is 11.3 Å². The van der Waals surface area contributed by atoms with Crippen molar-refractivity contribution in [2.75, 3.05) is 11.9 Å². The largest absolute Gasteiger partial charge is 0.340 e. The molecule has 1 aliphatic rings. The van der Waals surface area contributed by atoms with Crippen LogP contribution in [0.3, 0.4) is 0 Å². The highest BCUT2D eigenvalue weighted by Gasteiger charge is 2.38. The first-order chi connectivity index (χ1) is 15.1. The Morgan fingerprint density at radius 1 is 1.19 bits per heavy atom. The fourth-order valence-electron chi connectivity index (χ4n) is 4.37. The Labute approximate surface area is 189 Å². The Hall–Kier alpha value is -3.15. The standard InChI is InChI=1S/C26H31FN4O/c1-17(2)13-23(32)30-15-22-29-24(19-7-6-8-20(27)14-19)25(31(22)26(4,5)16-30)28-21-11-9-18(3)10-12-21/h6-12,14,17,28H,13,15-16H2,1-5H3. The average Bonchev–Trinajstić information content (AvgIpc) is 3.08. The average molecular weight is 435 g/mol. The number of fused-ring (bicyclic) bond motifs is 1. The number of imidazole rings is 1. The van der Waals surface area contributed by atoms with Crippen LogP contribution in [0.1, 0.15) is 45.5 Å². The number of aryl methyl sites for hydroxylation is 1. The molecule has 0 saturated heterocycles. The van der Waals surface area contributed by atoms with E-state index in [0.717, 1.165) is 17.3 Å². The minimum atomic E-state index is -0.383. The molecule has 0 aliphatic carbocycles. The van der Waals surface area contributed by atoms with E-state index in [-0.39, 0.29) is 17.3 Å². The van der Waals surface area contributed by atoms with E-state index in [9.17, 15) is 9.18 Å². The van der Waals surface area contributed by atoms with Crippen molar-refractivity contribution < 1.29 is 9.18 Å². The lowest BCUT2D eigenvalue weighted by molar-refractivity contribution is -0.135. The Morgan fingerprint density at radius 2 is 1.91 bits per heavy atom. The Balaban J connectivity index is 1.82. The van der Waals surface area contributed by atoms with Crippen LogP contribution in [0.15, 0.2) is 48.5 Å². The second-order valence-corrected chi connectivity index (χ2v) is 9.72. The summed E-state index contributed by atoms with van der Waals surface area (Å²) in [6.45, 7) is 11.4. The van der Waals surface area contributed by atoms with Gasteiger partial charge in [-0.05, 0) is 51.0 Å². The number of benzene rings is 2. The normalized spacial score (nSPS) is 15.0. The lowest BCUT2D eigenvalue weighted by Gasteiger charge is -2.41. The van der Waals surface area contributed by atoms with Crippen molar-refractivity contribution >= 4 is 17.4 Å². The maximum absolute atomic E-state index is 14.1. The number of carbonyl (C=O) groups excluding carboxylic acids is 1. The first kappa shape index (κ1) is 22.1. The molecule has 6 heteroatoms. The summed E-state index contributed by atoms with van der Waals surface area (Å²) < 4.78 is 16.2. The molecule has 1 aromatic heterocycles. The van der Waals surface area contributed by atoms with Crippen LogP contribution in [0, 0.1) is 18.7 Å². The molecule has 1 N–H and O–H groups in total. The third-order valence-corrected chi connectivity index (χ3v) is 5.81. The highest BCUT2D eigenvalue weighted by atomic mass is 19.1. The Bertz CT molecular complexity index is 1130. The molecule has 5 nitrogen and oxygen atoms in total. The van der Waals surface area contributed by atoms with Gasteiger partial charge in [0, 0.05) is 24.2 Å². The third kappa shape index (κ3) is 4.40. The van der Waals surface area contributed by atoms with Crippen molar-refractivity contribution in [1.29, 1.82) is 0 Å². The minimum absolute atomic E-state index is 0.141. The van der Waals surface area contributed by atoms with Gasteiger partial charge in [-0.25, -0.2) is 9.37 Å². The number of anilines is 2. The van der Waals surface area contributed by atoms with Gasteiger partial charge in [-0.2, -0.15) is 0 Å². The lowest BCUT2D eigenvalue weighted by atomic mass is 10.00. The second-order valence-electron chi connectivity index (χ2n) is 9.72. The SMILES string of the molecule is Cc1ccc(Nc2c(-c3cccc(F)c3)nc3n2C(C)(C)CN(C(=O)CC(C)C)C3)cc1. The van der Waals surface area contributed by atoms with Crippen LogP contribution in [0.4, 0.5) is 15.9 Å². The summed E-state index contributed by atoms with van der Waals surface area (Å²) in [5.41, 5.74) is 3.12. The summed E-state index contributed by atoms with van der Waals surface area (Å²) in [4.78, 5) is 19.7. The van der Waals surface area contributed by atoms with Crippen molar-refractivity contribution in [3.05, 3.63) is 65.7 Å². The van der Waals surface area contributed by atoms with Gasteiger partial charge < -0.3 is 14.8 Å². The first-order valence-electron chi connectivity index (χ1n) is 11.1. The first-order valence-corrected chi connectivity index (χ1v) is 11.1. The highest BCUT2D eigenvalue weighted by Crippen LogP contribution is 2.39. The molecule has 0 fully saturated rings. The van der Waals surface area contributed by atoms with Gasteiger partial charge in [-0.1, -0.05) is 43.7 Å². The number of aromatic nitrogens is 2. The molecule has 3 aromatic rings. The molecule has 0 radical (unpaired) electrons. The zero-order valence-electron chi connectivity index (χ0n) is 19.4. The zero-order chi connectivity index (χ0) is 23.0. The van der Waals surface area contributed by atoms with Crippen LogP contribution in [-0.4, -0.2) is 26.9 Å². The minimum Gasteiger partial charge on any atom is -0.340 e. The van der Waals surface area contributed by atoms with E-state index in [1.807, 2.05) is 23.1 Å². The van der Waals surface area contributed by atoms with Gasteiger partial charge in [-0.15, -0.1) is 0 Å². The number of hydrogen-bond acceptors (Lipinski definition) is 3. The molecule has 0 bridgehead atoms. The van der Waals surface area contributed by atoms with E-state index in [1.165, 1.54) is 17.7 Å². The van der Waals surface area contributed by atoms with Crippen LogP contribution < -0.4 is 5.32 Å². The molecule has 2 aromatic carbocycles. The molecule has 1 amide bonds. The van der Waals surface area contributed by atoms with Gasteiger partial charge in [0.05, 0.1) is 12.1 Å². The predicted octanol–water partition coefficient (Wildman–Crippen LogP) is 5.86. The third-order valence-electron chi connectivity index (χ3n) is 5.81. The van der Waals surface area contributed by atoms with Crippen molar-refractivity contribution in [3.8, 4) is 11.3 Å². The number of hydrogen-bond donors (Lipinski definition) is 1. The summed E-state index contributed by atoms with van der Waals surface area (Å²) in [7, 11) is 0.